The van der Waals surface area contributed by atoms with Crippen LogP contribution in [0.2, 0.25) is 0 Å². The number of aryl methyl sites for hydroxylation is 1. The van der Waals surface area contributed by atoms with E-state index in [0.29, 0.717) is 5.41 Å². The first-order valence-electron chi connectivity index (χ1n) is 9.85. The second kappa shape index (κ2) is 11.1. The van der Waals surface area contributed by atoms with Gasteiger partial charge in [-0.2, -0.15) is 0 Å². The van der Waals surface area contributed by atoms with E-state index < -0.39 is 0 Å². The second-order valence-corrected chi connectivity index (χ2v) is 7.17. The maximum atomic E-state index is 5.28. The van der Waals surface area contributed by atoms with Crippen molar-refractivity contribution in [3.63, 3.8) is 0 Å². The lowest BCUT2D eigenvalue weighted by Gasteiger charge is -2.40. The van der Waals surface area contributed by atoms with Crippen LogP contribution in [0.25, 0.3) is 0 Å². The van der Waals surface area contributed by atoms with Crippen LogP contribution in [0.3, 0.4) is 0 Å². The molecule has 0 radical (unpaired) electrons. The quantitative estimate of drug-likeness (QED) is 0.360. The molecule has 5 heteroatoms. The monoisotopic (exact) mass is 361 g/mol. The largest absolute Gasteiger partial charge is 0.497 e. The molecule has 1 aromatic carbocycles. The summed E-state index contributed by atoms with van der Waals surface area (Å²) in [5, 5.41) is 6.84. The molecule has 0 aromatic heterocycles. The summed E-state index contributed by atoms with van der Waals surface area (Å²) >= 11 is 0. The van der Waals surface area contributed by atoms with E-state index in [-0.39, 0.29) is 0 Å². The van der Waals surface area contributed by atoms with Gasteiger partial charge in [0.15, 0.2) is 5.96 Å². The number of hydrogen-bond acceptors (Lipinski definition) is 3. The first-order valence-corrected chi connectivity index (χ1v) is 9.85. The van der Waals surface area contributed by atoms with Crippen LogP contribution in [0.1, 0.15) is 44.6 Å². The minimum absolute atomic E-state index is 0.363. The van der Waals surface area contributed by atoms with E-state index in [4.69, 9.17) is 14.5 Å². The lowest BCUT2D eigenvalue weighted by Crippen LogP contribution is -2.40. The molecule has 0 bridgehead atoms. The number of ether oxygens (including phenoxy) is 2. The molecule has 26 heavy (non-hydrogen) atoms. The van der Waals surface area contributed by atoms with Crippen LogP contribution in [0.5, 0.6) is 5.75 Å². The van der Waals surface area contributed by atoms with Gasteiger partial charge >= 0.3 is 0 Å². The molecule has 0 saturated heterocycles. The maximum Gasteiger partial charge on any atom is 0.191 e. The third-order valence-corrected chi connectivity index (χ3v) is 5.26. The smallest absolute Gasteiger partial charge is 0.191 e. The Bertz CT molecular complexity index is 539. The molecular formula is C21H35N3O2. The molecule has 0 aliphatic heterocycles. The Labute approximate surface area is 158 Å². The summed E-state index contributed by atoms with van der Waals surface area (Å²) in [4.78, 5) is 4.85. The van der Waals surface area contributed by atoms with E-state index >= 15 is 0 Å². The predicted octanol–water partition coefficient (Wildman–Crippen LogP) is 3.39. The van der Waals surface area contributed by atoms with Gasteiger partial charge in [0.1, 0.15) is 5.75 Å². The zero-order chi connectivity index (χ0) is 18.7. The summed E-state index contributed by atoms with van der Waals surface area (Å²) in [6.07, 6.45) is 7.11. The summed E-state index contributed by atoms with van der Waals surface area (Å²) in [5.41, 5.74) is 1.70. The molecule has 0 amide bonds. The molecule has 0 unspecified atom stereocenters. The minimum Gasteiger partial charge on any atom is -0.497 e. The van der Waals surface area contributed by atoms with Gasteiger partial charge in [-0.05, 0) is 62.1 Å². The average Bonchev–Trinajstić information content (AvgIpc) is 2.64. The number of nitrogens with zero attached hydrogens (tertiary/aromatic N) is 1. The van der Waals surface area contributed by atoms with E-state index in [2.05, 4.69) is 29.7 Å². The highest BCUT2D eigenvalue weighted by atomic mass is 16.5. The fourth-order valence-corrected chi connectivity index (χ4v) is 3.36. The van der Waals surface area contributed by atoms with Crippen LogP contribution in [0.15, 0.2) is 29.3 Å². The molecule has 1 aliphatic carbocycles. The summed E-state index contributed by atoms with van der Waals surface area (Å²) < 4.78 is 10.5. The van der Waals surface area contributed by atoms with Crippen LogP contribution in [-0.2, 0) is 11.2 Å². The molecule has 146 valence electrons. The summed E-state index contributed by atoms with van der Waals surface area (Å²) in [6, 6.07) is 8.31. The van der Waals surface area contributed by atoms with Gasteiger partial charge < -0.3 is 20.1 Å². The fraction of sp³-hybridized carbons (Fsp3) is 0.667. The minimum atomic E-state index is 0.363. The van der Waals surface area contributed by atoms with E-state index in [9.17, 15) is 0 Å². The van der Waals surface area contributed by atoms with Gasteiger partial charge in [0.25, 0.3) is 0 Å². The number of nitrogens with one attached hydrogen (secondary N) is 2. The average molecular weight is 362 g/mol. The Hall–Kier alpha value is -1.75. The molecule has 5 nitrogen and oxygen atoms in total. The lowest BCUT2D eigenvalue weighted by molar-refractivity contribution is 0.0778. The first-order chi connectivity index (χ1) is 12.7. The van der Waals surface area contributed by atoms with Crippen LogP contribution in [0.4, 0.5) is 0 Å². The zero-order valence-corrected chi connectivity index (χ0v) is 16.6. The van der Waals surface area contributed by atoms with Crippen molar-refractivity contribution in [2.45, 2.75) is 45.4 Å². The van der Waals surface area contributed by atoms with Gasteiger partial charge in [-0.3, -0.25) is 4.99 Å². The van der Waals surface area contributed by atoms with Crippen molar-refractivity contribution in [1.82, 2.24) is 10.6 Å². The third kappa shape index (κ3) is 6.52. The molecule has 1 aromatic rings. The number of methoxy groups -OCH3 is 2. The number of hydrogen-bond donors (Lipinski definition) is 2. The van der Waals surface area contributed by atoms with Crippen molar-refractivity contribution in [3.8, 4) is 5.75 Å². The lowest BCUT2D eigenvalue weighted by atomic mass is 9.67. The normalized spacial score (nSPS) is 16.0. The number of rotatable bonds is 11. The van der Waals surface area contributed by atoms with Gasteiger partial charge in [0, 0.05) is 33.4 Å². The Balaban J connectivity index is 1.75. The fourth-order valence-electron chi connectivity index (χ4n) is 3.36. The molecule has 0 spiro atoms. The van der Waals surface area contributed by atoms with Crippen molar-refractivity contribution in [1.29, 1.82) is 0 Å². The second-order valence-electron chi connectivity index (χ2n) is 7.17. The van der Waals surface area contributed by atoms with Crippen LogP contribution in [-0.4, -0.2) is 46.4 Å². The molecule has 1 fully saturated rings. The highest BCUT2D eigenvalue weighted by molar-refractivity contribution is 5.79. The molecule has 1 saturated carbocycles. The molecule has 2 N–H and O–H groups in total. The van der Waals surface area contributed by atoms with E-state index in [0.717, 1.165) is 57.2 Å². The summed E-state index contributed by atoms with van der Waals surface area (Å²) in [5.74, 6) is 1.85. The van der Waals surface area contributed by atoms with Crippen LogP contribution >= 0.6 is 0 Å². The first kappa shape index (κ1) is 20.6. The van der Waals surface area contributed by atoms with Crippen molar-refractivity contribution >= 4 is 5.96 Å². The third-order valence-electron chi connectivity index (χ3n) is 5.26. The highest BCUT2D eigenvalue weighted by Crippen LogP contribution is 2.44. The summed E-state index contributed by atoms with van der Waals surface area (Å²) in [7, 11) is 3.48. The van der Waals surface area contributed by atoms with Crippen LogP contribution < -0.4 is 15.4 Å². The summed E-state index contributed by atoms with van der Waals surface area (Å²) in [6.45, 7) is 5.64. The highest BCUT2D eigenvalue weighted by Gasteiger charge is 2.36. The Morgan fingerprint density at radius 3 is 2.50 bits per heavy atom. The molecular weight excluding hydrogens is 326 g/mol. The molecule has 0 heterocycles. The van der Waals surface area contributed by atoms with Crippen molar-refractivity contribution in [3.05, 3.63) is 29.8 Å². The maximum absolute atomic E-state index is 5.28. The van der Waals surface area contributed by atoms with Gasteiger partial charge in [-0.25, -0.2) is 0 Å². The van der Waals surface area contributed by atoms with Gasteiger partial charge in [0.05, 0.1) is 7.11 Å². The Kier molecular flexibility index (Phi) is 8.75. The predicted molar refractivity (Wildman–Crippen MR) is 108 cm³/mol. The van der Waals surface area contributed by atoms with Gasteiger partial charge in [0.2, 0.25) is 0 Å². The van der Waals surface area contributed by atoms with Gasteiger partial charge in [-0.15, -0.1) is 0 Å². The molecule has 2 rings (SSSR count). The molecule has 0 atom stereocenters. The topological polar surface area (TPSA) is 54.9 Å². The standard InChI is InChI=1S/C21H35N3O2/c1-4-22-20(24-17-21(12-6-13-21)14-16-25-2)23-15-5-7-18-8-10-19(26-3)11-9-18/h8-11H,4-7,12-17H2,1-3H3,(H2,22,23,24). The Morgan fingerprint density at radius 2 is 1.92 bits per heavy atom. The number of guanidine groups is 1. The van der Waals surface area contributed by atoms with Crippen LogP contribution in [0, 0.1) is 5.41 Å². The van der Waals surface area contributed by atoms with Crippen molar-refractivity contribution < 1.29 is 9.47 Å². The SMILES string of the molecule is CCNC(=NCC1(CCOC)CCC1)NCCCc1ccc(OC)cc1. The van der Waals surface area contributed by atoms with Crippen molar-refractivity contribution in [2.24, 2.45) is 10.4 Å². The number of benzene rings is 1. The van der Waals surface area contributed by atoms with Crippen molar-refractivity contribution in [2.75, 3.05) is 40.5 Å². The van der Waals surface area contributed by atoms with E-state index in [1.807, 2.05) is 12.1 Å². The van der Waals surface area contributed by atoms with E-state index in [1.165, 1.54) is 24.8 Å². The number of aliphatic imine (C=N–C) groups is 1. The van der Waals surface area contributed by atoms with E-state index in [1.54, 1.807) is 14.2 Å². The molecule has 1 aliphatic rings. The van der Waals surface area contributed by atoms with Gasteiger partial charge in [-0.1, -0.05) is 18.6 Å². The Morgan fingerprint density at radius 1 is 1.15 bits per heavy atom. The zero-order valence-electron chi connectivity index (χ0n) is 16.6.